The van der Waals surface area contributed by atoms with Crippen molar-refractivity contribution in [3.63, 3.8) is 0 Å². The third kappa shape index (κ3) is 16.5. The molecule has 4 fully saturated rings. The summed E-state index contributed by atoms with van der Waals surface area (Å²) in [6.07, 6.45) is 2.46. The Hall–Kier alpha value is -4.26. The largest absolute Gasteiger partial charge is 0.511 e. The maximum Gasteiger partial charge on any atom is 0.511 e. The molecule has 2 unspecified atom stereocenters. The first kappa shape index (κ1) is 66.5. The van der Waals surface area contributed by atoms with E-state index in [2.05, 4.69) is 0 Å². The number of amides is 1. The minimum Gasteiger partial charge on any atom is -0.460 e. The molecule has 5 N–H and O–H groups in total. The highest BCUT2D eigenvalue weighted by molar-refractivity contribution is 6.39. The fourth-order valence-corrected chi connectivity index (χ4v) is 11.9. The zero-order chi connectivity index (χ0) is 59.2. The summed E-state index contributed by atoms with van der Waals surface area (Å²) < 4.78 is 51.8. The number of rotatable bonds is 10. The van der Waals surface area contributed by atoms with Gasteiger partial charge in [0.2, 0.25) is 5.79 Å². The number of aliphatic hydroxyl groups excluding tert-OH is 4. The molecule has 1 amide bonds. The van der Waals surface area contributed by atoms with Crippen LogP contribution < -0.4 is 0 Å². The number of Topliss-reactive ketones (excluding diaryl/α,β-unsaturated/α-hetero) is 3. The summed E-state index contributed by atoms with van der Waals surface area (Å²) in [7, 11) is 5.60. The SMILES string of the molecule is CO[C@H]1C[C@@H]2CC[C@@H](C)[C@@](O)(O2)C(=O)C(=O)N2CCCCC2C(=O)O[C@H]([C@H](C)C[C@@H]2CC[C@@H](O)[C@H](OC)C2)CC(=O)[C@H](C)/C=C(\C)[C@@H](OC(=O)OC2(CO)OC[C@H](OC)[C@H](O)[C@H]2O)[C@@H](OC)C(=O)[C@H](C)C[C@H](C)/C=C/C=C/C=C/1C. The van der Waals surface area contributed by atoms with Gasteiger partial charge in [-0.2, -0.15) is 0 Å². The molecule has 4 heterocycles. The molecule has 2 bridgehead atoms. The third-order valence-corrected chi connectivity index (χ3v) is 17.1. The van der Waals surface area contributed by atoms with E-state index in [1.165, 1.54) is 34.3 Å². The van der Waals surface area contributed by atoms with E-state index in [1.54, 1.807) is 27.9 Å². The van der Waals surface area contributed by atoms with Gasteiger partial charge in [0.1, 0.15) is 36.7 Å². The van der Waals surface area contributed by atoms with Crippen molar-refractivity contribution >= 4 is 35.4 Å². The summed E-state index contributed by atoms with van der Waals surface area (Å²) in [5.74, 6) is -12.1. The van der Waals surface area contributed by atoms with E-state index in [0.29, 0.717) is 57.8 Å². The lowest BCUT2D eigenvalue weighted by atomic mass is 9.78. The molecule has 21 nitrogen and oxygen atoms in total. The number of carbonyl (C=O) groups is 6. The van der Waals surface area contributed by atoms with Gasteiger partial charge in [-0.1, -0.05) is 71.1 Å². The van der Waals surface area contributed by atoms with Gasteiger partial charge in [-0.05, 0) is 107 Å². The van der Waals surface area contributed by atoms with Crippen molar-refractivity contribution < 1.29 is 96.9 Å². The average molecular weight is 1130 g/mol. The Balaban J connectivity index is 1.55. The van der Waals surface area contributed by atoms with Crippen molar-refractivity contribution in [2.45, 2.75) is 204 Å². The molecule has 80 heavy (non-hydrogen) atoms. The van der Waals surface area contributed by atoms with Gasteiger partial charge in [-0.25, -0.2) is 9.59 Å². The van der Waals surface area contributed by atoms with Crippen molar-refractivity contribution in [3.8, 4) is 0 Å². The van der Waals surface area contributed by atoms with Crippen LogP contribution in [0, 0.1) is 35.5 Å². The molecular weight excluding hydrogens is 1040 g/mol. The quantitative estimate of drug-likeness (QED) is 0.112. The maximum atomic E-state index is 14.6. The Morgan fingerprint density at radius 3 is 2.20 bits per heavy atom. The van der Waals surface area contributed by atoms with Crippen LogP contribution in [0.3, 0.4) is 0 Å². The van der Waals surface area contributed by atoms with E-state index in [-0.39, 0.29) is 43.2 Å². The van der Waals surface area contributed by atoms with Crippen molar-refractivity contribution in [1.29, 1.82) is 0 Å². The van der Waals surface area contributed by atoms with Crippen LogP contribution in [0.4, 0.5) is 4.79 Å². The molecular formula is C59H91NO20. The number of nitrogens with zero attached hydrogens (tertiary/aromatic N) is 1. The molecule has 0 spiro atoms. The van der Waals surface area contributed by atoms with Crippen LogP contribution in [-0.4, -0.2) is 193 Å². The van der Waals surface area contributed by atoms with E-state index < -0.39 is 151 Å². The normalized spacial score (nSPS) is 40.8. The first-order valence-corrected chi connectivity index (χ1v) is 28.4. The zero-order valence-electron chi connectivity index (χ0n) is 48.7. The summed E-state index contributed by atoms with van der Waals surface area (Å²) in [4.78, 5) is 87.6. The molecule has 0 aromatic carbocycles. The molecule has 0 radical (unpaired) electrons. The Morgan fingerprint density at radius 1 is 0.825 bits per heavy atom. The Kier molecular flexibility index (Phi) is 25.2. The minimum absolute atomic E-state index is 0.0158. The molecule has 3 saturated heterocycles. The zero-order valence-corrected chi connectivity index (χ0v) is 48.7. The molecule has 4 aliphatic heterocycles. The summed E-state index contributed by atoms with van der Waals surface area (Å²) in [6, 6.07) is -1.24. The Bertz CT molecular complexity index is 2230. The van der Waals surface area contributed by atoms with Crippen LogP contribution in [-0.2, 0) is 66.6 Å². The maximum absolute atomic E-state index is 14.6. The second-order valence-corrected chi connectivity index (χ2v) is 23.0. The summed E-state index contributed by atoms with van der Waals surface area (Å²) in [5.41, 5.74) is 0.982. The van der Waals surface area contributed by atoms with Crippen molar-refractivity contribution in [2.24, 2.45) is 35.5 Å². The topological polar surface area (TPSA) is 290 Å². The number of hydrogen-bond donors (Lipinski definition) is 5. The molecule has 19 atom stereocenters. The molecule has 21 heteroatoms. The van der Waals surface area contributed by atoms with Crippen LogP contribution in [0.25, 0.3) is 0 Å². The van der Waals surface area contributed by atoms with Gasteiger partial charge < -0.3 is 73.1 Å². The number of aliphatic hydroxyl groups is 5. The monoisotopic (exact) mass is 1130 g/mol. The lowest BCUT2D eigenvalue weighted by Gasteiger charge is -2.43. The van der Waals surface area contributed by atoms with Gasteiger partial charge in [0.15, 0.2) is 24.1 Å². The van der Waals surface area contributed by atoms with Crippen molar-refractivity contribution in [3.05, 3.63) is 47.6 Å². The summed E-state index contributed by atoms with van der Waals surface area (Å²) in [5, 5.41) is 54.8. The van der Waals surface area contributed by atoms with Gasteiger partial charge in [-0.15, -0.1) is 0 Å². The predicted octanol–water partition coefficient (Wildman–Crippen LogP) is 4.80. The molecule has 452 valence electrons. The number of cyclic esters (lactones) is 1. The highest BCUT2D eigenvalue weighted by Crippen LogP contribution is 2.38. The minimum atomic E-state index is -2.50. The number of carbonyl (C=O) groups excluding carboxylic acids is 6. The van der Waals surface area contributed by atoms with Gasteiger partial charge in [0.05, 0.1) is 31.0 Å². The van der Waals surface area contributed by atoms with E-state index >= 15 is 0 Å². The van der Waals surface area contributed by atoms with Gasteiger partial charge in [-0.3, -0.25) is 19.2 Å². The number of ketones is 3. The van der Waals surface area contributed by atoms with Crippen LogP contribution >= 0.6 is 0 Å². The summed E-state index contributed by atoms with van der Waals surface area (Å²) in [6.45, 7) is 10.6. The van der Waals surface area contributed by atoms with Crippen molar-refractivity contribution in [1.82, 2.24) is 4.90 Å². The first-order valence-electron chi connectivity index (χ1n) is 28.4. The molecule has 5 rings (SSSR count). The molecule has 5 aliphatic rings. The number of hydrogen-bond acceptors (Lipinski definition) is 20. The second kappa shape index (κ2) is 30.3. The third-order valence-electron chi connectivity index (χ3n) is 17.1. The number of methoxy groups -OCH3 is 4. The number of fused-ring (bicyclic) bond motifs is 3. The molecule has 1 aliphatic carbocycles. The van der Waals surface area contributed by atoms with E-state index in [1.807, 2.05) is 51.2 Å². The Labute approximate surface area is 471 Å². The number of ether oxygens (including phenoxy) is 9. The fraction of sp³-hybridized carbons (Fsp3) is 0.763. The molecule has 1 saturated carbocycles. The highest BCUT2D eigenvalue weighted by atomic mass is 16.8. The lowest BCUT2D eigenvalue weighted by molar-refractivity contribution is -0.335. The molecule has 0 aromatic rings. The number of esters is 1. The van der Waals surface area contributed by atoms with Gasteiger partial charge in [0, 0.05) is 65.6 Å². The highest BCUT2D eigenvalue weighted by Gasteiger charge is 2.55. The standard InChI is InChI=1S/C59H91NO20/c1-33-17-13-12-14-18-34(2)45(72-8)29-41-22-20-39(7)59(71,79-41)54(67)55(68)60-24-16-15-19-42(60)56(69)77-46(36(4)27-40-21-23-43(62)47(28-40)73-9)30-44(63)35(3)26-38(6)51(52(75-11)49(64)37(5)25-33)78-57(70)80-58(32-61)53(66)50(65)48(74-10)31-76-58/h12-14,17-18,26,33,35-37,39-43,45-48,50-53,61-62,65-66,71H,15-16,19-25,27-32H2,1-11H3/b14-12+,17-13+,34-18+,38-26+/t33-,35-,36-,37-,39-,40+,41+,42?,43-,45+,46+,47-,48+,50+,51-,52+,53-,58?,59-/m1/s1. The fourth-order valence-electron chi connectivity index (χ4n) is 11.9. The lowest BCUT2D eigenvalue weighted by Crippen LogP contribution is -2.64. The molecule has 0 aromatic heterocycles. The summed E-state index contributed by atoms with van der Waals surface area (Å²) >= 11 is 0. The van der Waals surface area contributed by atoms with Crippen LogP contribution in [0.1, 0.15) is 126 Å². The van der Waals surface area contributed by atoms with E-state index in [0.717, 1.165) is 10.5 Å². The van der Waals surface area contributed by atoms with Crippen LogP contribution in [0.15, 0.2) is 47.6 Å². The Morgan fingerprint density at radius 2 is 1.54 bits per heavy atom. The van der Waals surface area contributed by atoms with Crippen molar-refractivity contribution in [2.75, 3.05) is 48.2 Å². The second-order valence-electron chi connectivity index (χ2n) is 23.0. The van der Waals surface area contributed by atoms with Crippen LogP contribution in [0.2, 0.25) is 0 Å². The van der Waals surface area contributed by atoms with Crippen LogP contribution in [0.5, 0.6) is 0 Å². The smallest absolute Gasteiger partial charge is 0.460 e. The average Bonchev–Trinajstić information content (AvgIpc) is 3.44. The van der Waals surface area contributed by atoms with Gasteiger partial charge in [0.25, 0.3) is 17.5 Å². The van der Waals surface area contributed by atoms with E-state index in [4.69, 9.17) is 42.6 Å². The number of piperidine rings is 1. The van der Waals surface area contributed by atoms with E-state index in [9.17, 15) is 54.3 Å². The predicted molar refractivity (Wildman–Crippen MR) is 289 cm³/mol. The first-order chi connectivity index (χ1) is 37.9. The number of allylic oxidation sites excluding steroid dienone is 6. The van der Waals surface area contributed by atoms with Gasteiger partial charge >= 0.3 is 12.1 Å².